The topological polar surface area (TPSA) is 69.4 Å². The van der Waals surface area contributed by atoms with Gasteiger partial charge in [0.2, 0.25) is 0 Å². The Balaban J connectivity index is 3.78. The molecule has 0 aliphatic carbocycles. The van der Waals surface area contributed by atoms with Crippen LogP contribution in [0, 0.1) is 0 Å². The molecule has 0 aromatic carbocycles. The van der Waals surface area contributed by atoms with Crippen LogP contribution in [0.15, 0.2) is 0 Å². The van der Waals surface area contributed by atoms with Gasteiger partial charge in [0.05, 0.1) is 0 Å². The fourth-order valence-electron chi connectivity index (χ4n) is 0.485. The van der Waals surface area contributed by atoms with Crippen LogP contribution in [0.1, 0.15) is 13.3 Å². The zero-order chi connectivity index (χ0) is 10.3. The molecule has 0 saturated carbocycles. The van der Waals surface area contributed by atoms with Gasteiger partial charge < -0.3 is 0 Å². The van der Waals surface area contributed by atoms with Crippen molar-refractivity contribution in [2.75, 3.05) is 6.54 Å². The van der Waals surface area contributed by atoms with Gasteiger partial charge in [0.1, 0.15) is 0 Å². The van der Waals surface area contributed by atoms with Crippen LogP contribution in [0.5, 0.6) is 0 Å². The van der Waals surface area contributed by atoms with Gasteiger partial charge in [0.25, 0.3) is 0 Å². The third-order valence-corrected chi connectivity index (χ3v) is 2.85. The van der Waals surface area contributed by atoms with E-state index in [4.69, 9.17) is 11.1 Å². The standard InChI is InChI=1S/C6H11INO3S/c1-4(6(10)12-7)11-5(9)2-3-8/h4,7H,2-3,8H2,1H3/q-1/t4-/m0/s1/i7T. The zero-order valence-corrected chi connectivity index (χ0v) is 9.55. The minimum absolute atomic E-state index is 0.123. The van der Waals surface area contributed by atoms with E-state index in [1.807, 2.05) is 0 Å². The number of ether oxygens (including phenoxy) is 1. The molecule has 0 aromatic rings. The summed E-state index contributed by atoms with van der Waals surface area (Å²) in [6.45, 7) is 1.72. The Morgan fingerprint density at radius 2 is 2.50 bits per heavy atom. The van der Waals surface area contributed by atoms with Crippen molar-refractivity contribution in [2.45, 2.75) is 19.4 Å². The van der Waals surface area contributed by atoms with E-state index in [0.717, 1.165) is 8.93 Å². The molecule has 0 aliphatic rings. The molecule has 0 fully saturated rings. The molecule has 0 saturated heterocycles. The van der Waals surface area contributed by atoms with Crippen molar-refractivity contribution in [3.8, 4) is 0 Å². The average molecular weight is 306 g/mol. The normalized spacial score (nSPS) is 13.7. The molecule has 0 amide bonds. The van der Waals surface area contributed by atoms with Gasteiger partial charge in [-0.25, -0.2) is 0 Å². The molecule has 0 radical (unpaired) electrons. The molecule has 1 atom stereocenters. The summed E-state index contributed by atoms with van der Waals surface area (Å²) in [6, 6.07) is 0. The van der Waals surface area contributed by atoms with Crippen molar-refractivity contribution in [3.05, 3.63) is 0 Å². The molecular weight excluding hydrogens is 293 g/mol. The predicted molar refractivity (Wildman–Crippen MR) is 43.2 cm³/mol. The third kappa shape index (κ3) is 4.94. The quantitative estimate of drug-likeness (QED) is 0.426. The second-order valence-corrected chi connectivity index (χ2v) is 3.94. The van der Waals surface area contributed by atoms with Crippen LogP contribution < -0.4 is 26.7 Å². The van der Waals surface area contributed by atoms with Gasteiger partial charge in [-0.1, -0.05) is 0 Å². The second kappa shape index (κ2) is 6.67. The van der Waals surface area contributed by atoms with Crippen molar-refractivity contribution >= 4 is 20.0 Å². The number of hydrogen-bond donors (Lipinski definition) is 1. The average Bonchev–Trinajstić information content (AvgIpc) is 2.05. The Bertz CT molecular complexity index is 193. The Morgan fingerprint density at radius 3 is 3.00 bits per heavy atom. The number of halogens is 1. The van der Waals surface area contributed by atoms with E-state index in [0.29, 0.717) is 0 Å². The molecule has 72 valence electrons. The van der Waals surface area contributed by atoms with Gasteiger partial charge in [0.15, 0.2) is 0 Å². The summed E-state index contributed by atoms with van der Waals surface area (Å²) in [7, 11) is 0.929. The van der Waals surface area contributed by atoms with Gasteiger partial charge in [-0.3, -0.25) is 0 Å². The number of carbonyl (C=O) groups excluding carboxylic acids is 2. The second-order valence-electron chi connectivity index (χ2n) is 2.07. The Hall–Kier alpha value is 0.180. The predicted octanol–water partition coefficient (Wildman–Crippen LogP) is -3.27. The van der Waals surface area contributed by atoms with Gasteiger partial charge >= 0.3 is 87.7 Å². The SMILES string of the molecule is [3H][I-]SC(=O)[C@H](C)OC(=O)CCN. The van der Waals surface area contributed by atoms with Gasteiger partial charge in [-0.2, -0.15) is 0 Å². The number of nitrogens with two attached hydrogens (primary N) is 1. The van der Waals surface area contributed by atoms with Gasteiger partial charge in [-0.05, 0) is 0 Å². The monoisotopic (exact) mass is 306 g/mol. The Kier molecular flexibility index (Phi) is 5.70. The molecular formula is C6H11INO3S-. The van der Waals surface area contributed by atoms with Crippen LogP contribution in [0.4, 0.5) is 0 Å². The first-order chi connectivity index (χ1) is 6.11. The van der Waals surface area contributed by atoms with E-state index in [2.05, 4.69) is 0 Å². The molecule has 0 unspecified atom stereocenters. The summed E-state index contributed by atoms with van der Waals surface area (Å²) in [6.07, 6.45) is -0.632. The maximum absolute atomic E-state index is 11.0. The van der Waals surface area contributed by atoms with Gasteiger partial charge in [0, 0.05) is 0 Å². The van der Waals surface area contributed by atoms with Crippen molar-refractivity contribution in [1.29, 1.82) is 0.594 Å². The molecule has 0 aromatic heterocycles. The molecule has 12 heavy (non-hydrogen) atoms. The van der Waals surface area contributed by atoms with Crippen molar-refractivity contribution in [1.82, 2.24) is 0 Å². The molecule has 6 heteroatoms. The van der Waals surface area contributed by atoms with Crippen LogP contribution in [-0.2, 0) is 14.3 Å². The van der Waals surface area contributed by atoms with Crippen LogP contribution in [0.3, 0.4) is 0 Å². The summed E-state index contributed by atoms with van der Waals surface area (Å²) in [5.41, 5.74) is 5.12. The number of hydrogen-bond acceptors (Lipinski definition) is 5. The van der Waals surface area contributed by atoms with Crippen molar-refractivity contribution < 1.29 is 35.3 Å². The van der Waals surface area contributed by atoms with Crippen molar-refractivity contribution in [2.24, 2.45) is 5.73 Å². The molecule has 0 heterocycles. The maximum atomic E-state index is 11.0. The summed E-state index contributed by atoms with van der Waals surface area (Å²) in [5, 5.41) is -0.256. The zero-order valence-electron chi connectivity index (χ0n) is 7.58. The van der Waals surface area contributed by atoms with Crippen molar-refractivity contribution in [3.63, 3.8) is 0 Å². The minimum atomic E-state index is -0.900. The number of rotatable bonds is 5. The third-order valence-electron chi connectivity index (χ3n) is 1.06. The number of esters is 1. The summed E-state index contributed by atoms with van der Waals surface area (Å²) >= 11 is -0.900. The van der Waals surface area contributed by atoms with E-state index in [9.17, 15) is 9.59 Å². The molecule has 0 rings (SSSR count). The van der Waals surface area contributed by atoms with E-state index < -0.39 is 33.1 Å². The molecule has 0 spiro atoms. The molecule has 0 aliphatic heterocycles. The summed E-state index contributed by atoms with van der Waals surface area (Å²) in [5.74, 6) is -0.466. The molecule has 4 nitrogen and oxygen atoms in total. The molecule has 2 N–H and O–H groups in total. The van der Waals surface area contributed by atoms with E-state index in [-0.39, 0.29) is 18.1 Å². The summed E-state index contributed by atoms with van der Waals surface area (Å²) in [4.78, 5) is 21.9. The first-order valence-electron chi connectivity index (χ1n) is 3.71. The van der Waals surface area contributed by atoms with E-state index in [1.165, 1.54) is 6.92 Å². The first-order valence-corrected chi connectivity index (χ1v) is 6.69. The Morgan fingerprint density at radius 1 is 1.83 bits per heavy atom. The molecule has 0 bridgehead atoms. The van der Waals surface area contributed by atoms with Crippen LogP contribution in [0.2, 0.25) is 0 Å². The summed E-state index contributed by atoms with van der Waals surface area (Å²) < 4.78 is 11.6. The van der Waals surface area contributed by atoms with Crippen LogP contribution in [0.25, 0.3) is 0 Å². The van der Waals surface area contributed by atoms with Gasteiger partial charge in [-0.15, -0.1) is 0 Å². The first kappa shape index (κ1) is 10.3. The fraction of sp³-hybridized carbons (Fsp3) is 0.667. The van der Waals surface area contributed by atoms with E-state index in [1.54, 1.807) is 0 Å². The Labute approximate surface area is 87.6 Å². The van der Waals surface area contributed by atoms with E-state index >= 15 is 0 Å². The fourth-order valence-corrected chi connectivity index (χ4v) is 1.73. The number of carbonyl (C=O) groups is 2. The van der Waals surface area contributed by atoms with Crippen LogP contribution >= 0.6 is 8.93 Å². The van der Waals surface area contributed by atoms with Crippen LogP contribution in [-0.4, -0.2) is 24.3 Å².